The lowest BCUT2D eigenvalue weighted by molar-refractivity contribution is -0.142. The number of hydrogen-bond donors (Lipinski definition) is 2. The Kier molecular flexibility index (Phi) is 13.6. The molecule has 2 saturated carbocycles. The monoisotopic (exact) mass is 729 g/mol. The Morgan fingerprint density at radius 3 is 2.35 bits per heavy atom. The average Bonchev–Trinajstić information content (AvgIpc) is 3.77. The zero-order valence-corrected chi connectivity index (χ0v) is 31.2. The van der Waals surface area contributed by atoms with E-state index in [-0.39, 0.29) is 54.0 Å². The van der Waals surface area contributed by atoms with Crippen LogP contribution >= 0.6 is 0 Å². The number of halogens is 1. The van der Waals surface area contributed by atoms with Gasteiger partial charge in [0.15, 0.2) is 0 Å². The highest BCUT2D eigenvalue weighted by Crippen LogP contribution is 2.42. The minimum atomic E-state index is -0.714. The van der Waals surface area contributed by atoms with Crippen LogP contribution in [0.2, 0.25) is 0 Å². The number of benzene rings is 1. The molecule has 3 atom stereocenters. The van der Waals surface area contributed by atoms with Gasteiger partial charge in [0.2, 0.25) is 17.6 Å². The van der Waals surface area contributed by atoms with E-state index in [1.165, 1.54) is 0 Å². The van der Waals surface area contributed by atoms with E-state index in [1.54, 1.807) is 64.2 Å². The van der Waals surface area contributed by atoms with Crippen molar-refractivity contribution in [3.63, 3.8) is 0 Å². The number of furan rings is 1. The molecule has 3 fully saturated rings. The molecule has 1 aromatic carbocycles. The molecule has 0 unspecified atom stereocenters. The van der Waals surface area contributed by atoms with Gasteiger partial charge in [0, 0.05) is 50.8 Å². The van der Waals surface area contributed by atoms with E-state index >= 15 is 0 Å². The van der Waals surface area contributed by atoms with E-state index < -0.39 is 36.4 Å². The van der Waals surface area contributed by atoms with E-state index in [0.717, 1.165) is 32.1 Å². The molecule has 0 bridgehead atoms. The van der Waals surface area contributed by atoms with Crippen molar-refractivity contribution in [3.05, 3.63) is 30.0 Å². The predicted octanol–water partition coefficient (Wildman–Crippen LogP) is 6.66. The van der Waals surface area contributed by atoms with Gasteiger partial charge in [0.25, 0.3) is 0 Å². The predicted molar refractivity (Wildman–Crippen MR) is 193 cm³/mol. The minimum Gasteiger partial charge on any atom is -0.460 e. The summed E-state index contributed by atoms with van der Waals surface area (Å²) in [5, 5.41) is 6.41. The molecule has 2 N–H and O–H groups in total. The first kappa shape index (κ1) is 39.5. The van der Waals surface area contributed by atoms with Crippen LogP contribution < -0.4 is 10.6 Å². The maximum Gasteiger partial charge on any atom is 0.407 e. The smallest absolute Gasteiger partial charge is 0.407 e. The lowest BCUT2D eigenvalue weighted by Crippen LogP contribution is -2.50. The summed E-state index contributed by atoms with van der Waals surface area (Å²) in [5.74, 6) is -0.885. The van der Waals surface area contributed by atoms with Gasteiger partial charge in [-0.25, -0.2) is 14.0 Å². The Bertz CT molecular complexity index is 1520. The molecule has 2 aliphatic carbocycles. The molecule has 12 nitrogen and oxygen atoms in total. The first-order valence-electron chi connectivity index (χ1n) is 18.8. The Labute approximate surface area is 305 Å². The number of rotatable bonds is 13. The number of carbonyl (C=O) groups is 4. The first-order chi connectivity index (χ1) is 24.9. The molecular weight excluding hydrogens is 673 g/mol. The summed E-state index contributed by atoms with van der Waals surface area (Å²) in [4.78, 5) is 55.1. The van der Waals surface area contributed by atoms with Gasteiger partial charge in [-0.05, 0) is 121 Å². The van der Waals surface area contributed by atoms with Gasteiger partial charge in [-0.3, -0.25) is 9.59 Å². The largest absolute Gasteiger partial charge is 0.460 e. The number of esters is 1. The molecule has 2 aromatic rings. The number of ether oxygens (including phenoxy) is 4. The van der Waals surface area contributed by atoms with Crippen LogP contribution in [0.3, 0.4) is 0 Å². The van der Waals surface area contributed by atoms with E-state index in [1.807, 2.05) is 0 Å². The highest BCUT2D eigenvalue weighted by molar-refractivity contribution is 6.00. The zero-order valence-electron chi connectivity index (χ0n) is 31.2. The maximum atomic E-state index is 14.3. The number of hydrogen-bond acceptors (Lipinski definition) is 9. The van der Waals surface area contributed by atoms with Gasteiger partial charge in [-0.15, -0.1) is 0 Å². The highest BCUT2D eigenvalue weighted by Gasteiger charge is 2.47. The molecule has 2 heterocycles. The highest BCUT2D eigenvalue weighted by atomic mass is 19.1. The molecule has 0 spiro atoms. The van der Waals surface area contributed by atoms with Gasteiger partial charge in [-0.2, -0.15) is 0 Å². The van der Waals surface area contributed by atoms with Crippen molar-refractivity contribution in [2.45, 2.75) is 109 Å². The van der Waals surface area contributed by atoms with Crippen molar-refractivity contribution >= 4 is 40.5 Å². The SMILES string of the molecule is COCCCOC(=O)c1cc2cc(NC(=O)[C@H]3[C@@H]([C@H]4CC[C@H](OC)CC4)CCN3C(=O)[C@H]3CC[C@H]([C@@H](CF)NC(=O)OC(C)(C)C)CC3)ccc2o1. The number of anilines is 1. The van der Waals surface area contributed by atoms with Crippen molar-refractivity contribution in [1.29, 1.82) is 0 Å². The average molecular weight is 730 g/mol. The molecule has 3 aliphatic rings. The van der Waals surface area contributed by atoms with Crippen LogP contribution in [0.15, 0.2) is 28.7 Å². The number of nitrogens with zero attached hydrogens (tertiary/aromatic N) is 1. The molecule has 13 heteroatoms. The van der Waals surface area contributed by atoms with Gasteiger partial charge < -0.3 is 38.9 Å². The topological polar surface area (TPSA) is 146 Å². The number of alkyl carbamates (subject to hydrolysis) is 1. The summed E-state index contributed by atoms with van der Waals surface area (Å²) in [6.07, 6.45) is 6.87. The van der Waals surface area contributed by atoms with Crippen LogP contribution in [-0.2, 0) is 28.5 Å². The third kappa shape index (κ3) is 10.0. The van der Waals surface area contributed by atoms with Gasteiger partial charge in [-0.1, -0.05) is 0 Å². The summed E-state index contributed by atoms with van der Waals surface area (Å²) in [7, 11) is 3.32. The second-order valence-corrected chi connectivity index (χ2v) is 15.6. The number of amides is 3. The molecule has 3 amide bonds. The van der Waals surface area contributed by atoms with E-state index in [0.29, 0.717) is 61.9 Å². The number of nitrogens with one attached hydrogen (secondary N) is 2. The van der Waals surface area contributed by atoms with Crippen LogP contribution in [0.1, 0.15) is 95.5 Å². The van der Waals surface area contributed by atoms with Crippen LogP contribution in [0, 0.1) is 23.7 Å². The zero-order chi connectivity index (χ0) is 37.4. The molecule has 5 rings (SSSR count). The van der Waals surface area contributed by atoms with Crippen molar-refractivity contribution in [2.24, 2.45) is 23.7 Å². The van der Waals surface area contributed by atoms with E-state index in [4.69, 9.17) is 23.4 Å². The molecule has 52 heavy (non-hydrogen) atoms. The third-order valence-corrected chi connectivity index (χ3v) is 10.9. The van der Waals surface area contributed by atoms with Crippen molar-refractivity contribution in [2.75, 3.05) is 46.0 Å². The fourth-order valence-electron chi connectivity index (χ4n) is 8.27. The summed E-state index contributed by atoms with van der Waals surface area (Å²) in [6, 6.07) is 5.46. The van der Waals surface area contributed by atoms with Gasteiger partial charge in [0.1, 0.15) is 23.9 Å². The second-order valence-electron chi connectivity index (χ2n) is 15.6. The third-order valence-electron chi connectivity index (χ3n) is 10.9. The number of alkyl halides is 1. The van der Waals surface area contributed by atoms with Crippen molar-refractivity contribution < 1.29 is 46.9 Å². The number of fused-ring (bicyclic) bond motifs is 1. The normalized spacial score (nSPS) is 25.8. The van der Waals surface area contributed by atoms with Crippen molar-refractivity contribution in [3.8, 4) is 0 Å². The van der Waals surface area contributed by atoms with E-state index in [2.05, 4.69) is 10.6 Å². The number of methoxy groups -OCH3 is 2. The van der Waals surface area contributed by atoms with Gasteiger partial charge in [0.05, 0.1) is 18.8 Å². The quantitative estimate of drug-likeness (QED) is 0.171. The van der Waals surface area contributed by atoms with Crippen LogP contribution in [0.4, 0.5) is 14.9 Å². The maximum absolute atomic E-state index is 14.3. The standard InChI is InChI=1S/C39H56FN3O9/c1-39(2,3)52-38(47)42-31(23-40)25-7-9-26(10-8-25)36(45)43-18-17-30(24-11-14-29(49-5)15-12-24)34(43)35(44)41-28-13-16-32-27(21-28)22-33(51-32)37(46)50-20-6-19-48-4/h13,16,21-22,24-26,29-31,34H,6-12,14-15,17-20,23H2,1-5H3,(H,41,44)(H,42,47)/t24-,25-,26-,29-,30-,31-,34-/m1/s1. The molecule has 1 aliphatic heterocycles. The van der Waals surface area contributed by atoms with E-state index in [9.17, 15) is 23.6 Å². The van der Waals surface area contributed by atoms with Crippen LogP contribution in [-0.4, -0.2) is 93.2 Å². The Balaban J connectivity index is 1.27. The number of likely N-dealkylation sites (tertiary alicyclic amines) is 1. The van der Waals surface area contributed by atoms with Crippen LogP contribution in [0.5, 0.6) is 0 Å². The molecule has 288 valence electrons. The molecule has 1 saturated heterocycles. The Morgan fingerprint density at radius 2 is 1.69 bits per heavy atom. The van der Waals surface area contributed by atoms with Gasteiger partial charge >= 0.3 is 12.1 Å². The lowest BCUT2D eigenvalue weighted by Gasteiger charge is -2.38. The Morgan fingerprint density at radius 1 is 0.962 bits per heavy atom. The summed E-state index contributed by atoms with van der Waals surface area (Å²) < 4.78 is 41.0. The van der Waals surface area contributed by atoms with Crippen molar-refractivity contribution in [1.82, 2.24) is 10.2 Å². The molecule has 1 aromatic heterocycles. The lowest BCUT2D eigenvalue weighted by atomic mass is 9.75. The Hall–Kier alpha value is -3.71. The summed E-state index contributed by atoms with van der Waals surface area (Å²) >= 11 is 0. The fourth-order valence-corrected chi connectivity index (χ4v) is 8.27. The van der Waals surface area contributed by atoms with Crippen LogP contribution in [0.25, 0.3) is 11.0 Å². The summed E-state index contributed by atoms with van der Waals surface area (Å²) in [6.45, 7) is 5.75. The molecular formula is C39H56FN3O9. The fraction of sp³-hybridized carbons (Fsp3) is 0.692. The first-order valence-corrected chi connectivity index (χ1v) is 18.8. The molecule has 0 radical (unpaired) electrons. The minimum absolute atomic E-state index is 0.00387. The second kappa shape index (κ2) is 17.9. The summed E-state index contributed by atoms with van der Waals surface area (Å²) in [5.41, 5.74) is 0.332. The number of carbonyl (C=O) groups excluding carboxylic acids is 4.